The zero-order valence-electron chi connectivity index (χ0n) is 13.5. The Morgan fingerprint density at radius 2 is 1.83 bits per heavy atom. The van der Waals surface area contributed by atoms with Crippen molar-refractivity contribution in [3.8, 4) is 11.8 Å². The van der Waals surface area contributed by atoms with Crippen molar-refractivity contribution in [3.63, 3.8) is 0 Å². The normalized spacial score (nSPS) is 11.6. The second kappa shape index (κ2) is 8.19. The third-order valence-corrected chi connectivity index (χ3v) is 3.70. The summed E-state index contributed by atoms with van der Waals surface area (Å²) in [5.74, 6) is -0.268. The average Bonchev–Trinajstić information content (AvgIpc) is 2.56. The summed E-state index contributed by atoms with van der Waals surface area (Å²) < 4.78 is 18.9. The zero-order valence-corrected chi connectivity index (χ0v) is 13.5. The van der Waals surface area contributed by atoms with E-state index >= 15 is 0 Å². The van der Waals surface area contributed by atoms with Gasteiger partial charge < -0.3 is 9.64 Å². The van der Waals surface area contributed by atoms with E-state index in [-0.39, 0.29) is 17.5 Å². The molecule has 0 aliphatic heterocycles. The first-order valence-corrected chi connectivity index (χ1v) is 7.66. The van der Waals surface area contributed by atoms with Crippen LogP contribution in [0.2, 0.25) is 0 Å². The van der Waals surface area contributed by atoms with Gasteiger partial charge in [-0.15, -0.1) is 0 Å². The van der Waals surface area contributed by atoms with Crippen molar-refractivity contribution >= 4 is 5.69 Å². The van der Waals surface area contributed by atoms with Gasteiger partial charge in [0.25, 0.3) is 0 Å². The molecule has 0 spiro atoms. The molecular weight excluding hydrogens is 291 g/mol. The summed E-state index contributed by atoms with van der Waals surface area (Å²) in [7, 11) is 3.97. The third kappa shape index (κ3) is 4.72. The molecular formula is C19H21FN2O. The second-order valence-electron chi connectivity index (χ2n) is 5.59. The summed E-state index contributed by atoms with van der Waals surface area (Å²) in [6.45, 7) is 0.398. The minimum Gasteiger partial charge on any atom is -0.491 e. The van der Waals surface area contributed by atoms with Gasteiger partial charge in [-0.05, 0) is 42.7 Å². The van der Waals surface area contributed by atoms with Crippen LogP contribution in [-0.4, -0.2) is 20.7 Å². The molecule has 0 aliphatic rings. The Morgan fingerprint density at radius 3 is 2.43 bits per heavy atom. The zero-order chi connectivity index (χ0) is 16.7. The van der Waals surface area contributed by atoms with Gasteiger partial charge in [-0.3, -0.25) is 0 Å². The van der Waals surface area contributed by atoms with Crippen LogP contribution in [0.25, 0.3) is 0 Å². The van der Waals surface area contributed by atoms with Crippen molar-refractivity contribution in [1.29, 1.82) is 5.26 Å². The smallest absolute Gasteiger partial charge is 0.165 e. The predicted octanol–water partition coefficient (Wildman–Crippen LogP) is 4.36. The maximum absolute atomic E-state index is 13.4. The van der Waals surface area contributed by atoms with Crippen LogP contribution in [-0.2, 0) is 0 Å². The minimum atomic E-state index is -0.358. The highest BCUT2D eigenvalue weighted by Gasteiger charge is 2.11. The van der Waals surface area contributed by atoms with Crippen LogP contribution < -0.4 is 9.64 Å². The molecule has 2 rings (SSSR count). The highest BCUT2D eigenvalue weighted by Crippen LogP contribution is 2.23. The van der Waals surface area contributed by atoms with Gasteiger partial charge in [-0.25, -0.2) is 4.39 Å². The van der Waals surface area contributed by atoms with Gasteiger partial charge in [0, 0.05) is 19.8 Å². The van der Waals surface area contributed by atoms with E-state index in [4.69, 9.17) is 4.74 Å². The van der Waals surface area contributed by atoms with Gasteiger partial charge >= 0.3 is 0 Å². The first-order valence-electron chi connectivity index (χ1n) is 7.66. The van der Waals surface area contributed by atoms with Gasteiger partial charge in [0.05, 0.1) is 18.6 Å². The molecule has 3 nitrogen and oxygen atoms in total. The first-order chi connectivity index (χ1) is 11.1. The average molecular weight is 312 g/mol. The van der Waals surface area contributed by atoms with Crippen molar-refractivity contribution in [2.75, 3.05) is 25.6 Å². The lowest BCUT2D eigenvalue weighted by atomic mass is 9.95. The quantitative estimate of drug-likeness (QED) is 0.713. The molecule has 0 saturated heterocycles. The van der Waals surface area contributed by atoms with E-state index < -0.39 is 0 Å². The minimum absolute atomic E-state index is 0.171. The molecule has 0 radical (unpaired) electrons. The molecule has 1 atom stereocenters. The van der Waals surface area contributed by atoms with E-state index in [0.717, 1.165) is 11.3 Å². The van der Waals surface area contributed by atoms with Gasteiger partial charge in [0.1, 0.15) is 0 Å². The number of rotatable bonds is 7. The summed E-state index contributed by atoms with van der Waals surface area (Å²) in [4.78, 5) is 2.02. The van der Waals surface area contributed by atoms with Gasteiger partial charge in [-0.2, -0.15) is 5.26 Å². The molecule has 0 aromatic heterocycles. The topological polar surface area (TPSA) is 36.3 Å². The van der Waals surface area contributed by atoms with Crippen LogP contribution >= 0.6 is 0 Å². The number of nitriles is 1. The number of benzene rings is 2. The Labute approximate surface area is 136 Å². The van der Waals surface area contributed by atoms with E-state index in [1.165, 1.54) is 6.07 Å². The van der Waals surface area contributed by atoms with Crippen LogP contribution in [0.15, 0.2) is 48.5 Å². The SMILES string of the molecule is CN(C)c1ccc(C(C#N)CCCOc2ccccc2F)cc1. The number of nitrogens with zero attached hydrogens (tertiary/aromatic N) is 2. The molecule has 0 N–H and O–H groups in total. The fourth-order valence-corrected chi connectivity index (χ4v) is 2.34. The fraction of sp³-hybridized carbons (Fsp3) is 0.316. The number of anilines is 1. The van der Waals surface area contributed by atoms with Crippen LogP contribution in [0.1, 0.15) is 24.3 Å². The van der Waals surface area contributed by atoms with Crippen LogP contribution in [0.5, 0.6) is 5.75 Å². The standard InChI is InChI=1S/C19H21FN2O/c1-22(2)17-11-9-15(10-12-17)16(14-21)6-5-13-23-19-8-4-3-7-18(19)20/h3-4,7-12,16H,5-6,13H2,1-2H3. The lowest BCUT2D eigenvalue weighted by Gasteiger charge is -2.15. The number of hydrogen-bond donors (Lipinski definition) is 0. The van der Waals surface area contributed by atoms with Gasteiger partial charge in [-0.1, -0.05) is 24.3 Å². The highest BCUT2D eigenvalue weighted by atomic mass is 19.1. The molecule has 4 heteroatoms. The predicted molar refractivity (Wildman–Crippen MR) is 90.3 cm³/mol. The molecule has 1 unspecified atom stereocenters. The summed E-state index contributed by atoms with van der Waals surface area (Å²) in [5.41, 5.74) is 2.11. The molecule has 0 saturated carbocycles. The van der Waals surface area contributed by atoms with Crippen LogP contribution in [0.4, 0.5) is 10.1 Å². The Morgan fingerprint density at radius 1 is 1.13 bits per heavy atom. The molecule has 23 heavy (non-hydrogen) atoms. The highest BCUT2D eigenvalue weighted by molar-refractivity contribution is 5.47. The number of ether oxygens (including phenoxy) is 1. The Bertz CT molecular complexity index is 662. The van der Waals surface area contributed by atoms with Crippen molar-refractivity contribution in [3.05, 3.63) is 59.9 Å². The molecule has 2 aromatic rings. The molecule has 120 valence electrons. The third-order valence-electron chi connectivity index (χ3n) is 3.70. The van der Waals surface area contributed by atoms with Crippen molar-refractivity contribution in [1.82, 2.24) is 0 Å². The summed E-state index contributed by atoms with van der Waals surface area (Å²) >= 11 is 0. The van der Waals surface area contributed by atoms with E-state index in [1.54, 1.807) is 18.2 Å². The van der Waals surface area contributed by atoms with E-state index in [1.807, 2.05) is 43.3 Å². The lowest BCUT2D eigenvalue weighted by molar-refractivity contribution is 0.290. The monoisotopic (exact) mass is 312 g/mol. The Hall–Kier alpha value is -2.54. The molecule has 0 aliphatic carbocycles. The maximum Gasteiger partial charge on any atom is 0.165 e. The van der Waals surface area contributed by atoms with Crippen molar-refractivity contribution < 1.29 is 9.13 Å². The number of para-hydroxylation sites is 1. The Kier molecular flexibility index (Phi) is 5.99. The van der Waals surface area contributed by atoms with Crippen molar-refractivity contribution in [2.24, 2.45) is 0 Å². The number of hydrogen-bond acceptors (Lipinski definition) is 3. The number of halogens is 1. The first kappa shape index (κ1) is 16.8. The van der Waals surface area contributed by atoms with Crippen molar-refractivity contribution in [2.45, 2.75) is 18.8 Å². The van der Waals surface area contributed by atoms with E-state index in [2.05, 4.69) is 6.07 Å². The van der Waals surface area contributed by atoms with E-state index in [9.17, 15) is 9.65 Å². The lowest BCUT2D eigenvalue weighted by Crippen LogP contribution is -2.08. The summed E-state index contributed by atoms with van der Waals surface area (Å²) in [5, 5.41) is 9.36. The summed E-state index contributed by atoms with van der Waals surface area (Å²) in [6.07, 6.45) is 1.38. The molecule has 0 bridgehead atoms. The van der Waals surface area contributed by atoms with Gasteiger partial charge in [0.2, 0.25) is 0 Å². The van der Waals surface area contributed by atoms with Crippen LogP contribution in [0, 0.1) is 17.1 Å². The Balaban J connectivity index is 1.85. The van der Waals surface area contributed by atoms with E-state index in [0.29, 0.717) is 19.4 Å². The largest absolute Gasteiger partial charge is 0.491 e. The van der Waals surface area contributed by atoms with Crippen LogP contribution in [0.3, 0.4) is 0 Å². The molecule has 0 fully saturated rings. The molecule has 0 heterocycles. The molecule has 2 aromatic carbocycles. The van der Waals surface area contributed by atoms with Gasteiger partial charge in [0.15, 0.2) is 11.6 Å². The second-order valence-corrected chi connectivity index (χ2v) is 5.59. The molecule has 0 amide bonds. The summed E-state index contributed by atoms with van der Waals surface area (Å²) in [6, 6.07) is 16.7. The maximum atomic E-state index is 13.4. The fourth-order valence-electron chi connectivity index (χ4n) is 2.34.